The molecule has 1 atom stereocenters. The van der Waals surface area contributed by atoms with Crippen LogP contribution in [0.2, 0.25) is 0 Å². The summed E-state index contributed by atoms with van der Waals surface area (Å²) in [7, 11) is 0. The van der Waals surface area contributed by atoms with E-state index in [0.717, 1.165) is 15.6 Å². The summed E-state index contributed by atoms with van der Waals surface area (Å²) >= 11 is 3.38. The highest BCUT2D eigenvalue weighted by atomic mass is 79.9. The van der Waals surface area contributed by atoms with Gasteiger partial charge in [-0.2, -0.15) is 0 Å². The third kappa shape index (κ3) is 3.30. The summed E-state index contributed by atoms with van der Waals surface area (Å²) in [4.78, 5) is 0. The van der Waals surface area contributed by atoms with Gasteiger partial charge in [0.25, 0.3) is 0 Å². The van der Waals surface area contributed by atoms with Gasteiger partial charge < -0.3 is 10.2 Å². The van der Waals surface area contributed by atoms with Gasteiger partial charge in [-0.3, -0.25) is 0 Å². The van der Waals surface area contributed by atoms with E-state index >= 15 is 0 Å². The van der Waals surface area contributed by atoms with Crippen LogP contribution in [-0.2, 0) is 5.60 Å². The second-order valence-electron chi connectivity index (χ2n) is 4.26. The van der Waals surface area contributed by atoms with Crippen molar-refractivity contribution in [2.75, 3.05) is 0 Å². The van der Waals surface area contributed by atoms with Gasteiger partial charge in [0.15, 0.2) is 0 Å². The molecule has 1 aromatic carbocycles. The number of hydrogen-bond acceptors (Lipinski definition) is 2. The molecule has 2 N–H and O–H groups in total. The Kier molecular flexibility index (Phi) is 3.93. The predicted molar refractivity (Wildman–Crippen MR) is 64.6 cm³/mol. The molecule has 0 spiro atoms. The van der Waals surface area contributed by atoms with E-state index in [1.165, 1.54) is 0 Å². The lowest BCUT2D eigenvalue weighted by atomic mass is 9.94. The Labute approximate surface area is 99.1 Å². The third-order valence-corrected chi connectivity index (χ3v) is 2.86. The van der Waals surface area contributed by atoms with Crippen molar-refractivity contribution in [2.24, 2.45) is 0 Å². The quantitative estimate of drug-likeness (QED) is 0.888. The molecule has 0 saturated carbocycles. The third-order valence-electron chi connectivity index (χ3n) is 2.40. The predicted octanol–water partition coefficient (Wildman–Crippen LogP) is 3.12. The highest BCUT2D eigenvalue weighted by Crippen LogP contribution is 2.28. The molecule has 15 heavy (non-hydrogen) atoms. The number of benzene rings is 1. The second-order valence-corrected chi connectivity index (χ2v) is 5.17. The molecule has 0 amide bonds. The van der Waals surface area contributed by atoms with Gasteiger partial charge in [0.1, 0.15) is 0 Å². The number of aliphatic hydroxyl groups excluding tert-OH is 1. The van der Waals surface area contributed by atoms with Crippen molar-refractivity contribution >= 4 is 15.9 Å². The van der Waals surface area contributed by atoms with Gasteiger partial charge >= 0.3 is 0 Å². The van der Waals surface area contributed by atoms with Crippen LogP contribution in [0.5, 0.6) is 0 Å². The molecule has 0 fully saturated rings. The van der Waals surface area contributed by atoms with Crippen molar-refractivity contribution in [1.82, 2.24) is 0 Å². The van der Waals surface area contributed by atoms with E-state index in [9.17, 15) is 10.2 Å². The van der Waals surface area contributed by atoms with Gasteiger partial charge in [-0.1, -0.05) is 28.9 Å². The average Bonchev–Trinajstić information content (AvgIpc) is 2.14. The van der Waals surface area contributed by atoms with Crippen LogP contribution in [0.25, 0.3) is 0 Å². The Hall–Kier alpha value is -0.380. The minimum atomic E-state index is -0.883. The Morgan fingerprint density at radius 3 is 2.40 bits per heavy atom. The largest absolute Gasteiger partial charge is 0.388 e. The molecule has 3 heteroatoms. The van der Waals surface area contributed by atoms with Crippen molar-refractivity contribution in [1.29, 1.82) is 0 Å². The van der Waals surface area contributed by atoms with Gasteiger partial charge in [-0.25, -0.2) is 0 Å². The molecule has 1 rings (SSSR count). The van der Waals surface area contributed by atoms with E-state index in [1.54, 1.807) is 13.8 Å². The maximum absolute atomic E-state index is 9.89. The first-order chi connectivity index (χ1) is 6.84. The molecule has 0 saturated heterocycles. The molecule has 0 aliphatic rings. The fourth-order valence-corrected chi connectivity index (χ4v) is 1.90. The maximum Gasteiger partial charge on any atom is 0.0841 e. The minimum absolute atomic E-state index is 0.469. The van der Waals surface area contributed by atoms with Crippen molar-refractivity contribution in [3.63, 3.8) is 0 Å². The molecule has 1 aromatic rings. The fourth-order valence-electron chi connectivity index (χ4n) is 1.39. The Balaban J connectivity index is 3.17. The minimum Gasteiger partial charge on any atom is -0.388 e. The molecule has 0 heterocycles. The highest BCUT2D eigenvalue weighted by molar-refractivity contribution is 9.10. The summed E-state index contributed by atoms with van der Waals surface area (Å²) in [6.45, 7) is 5.39. The van der Waals surface area contributed by atoms with E-state index in [4.69, 9.17) is 0 Å². The number of halogens is 1. The van der Waals surface area contributed by atoms with Crippen LogP contribution >= 0.6 is 15.9 Å². The summed E-state index contributed by atoms with van der Waals surface area (Å²) in [6, 6.07) is 5.59. The van der Waals surface area contributed by atoms with E-state index in [1.807, 2.05) is 25.1 Å². The number of hydrogen-bond donors (Lipinski definition) is 2. The van der Waals surface area contributed by atoms with Crippen LogP contribution in [0.1, 0.15) is 44.4 Å². The van der Waals surface area contributed by atoms with Gasteiger partial charge in [-0.05, 0) is 43.5 Å². The lowest BCUT2D eigenvalue weighted by molar-refractivity contribution is 0.0781. The second kappa shape index (κ2) is 4.64. The van der Waals surface area contributed by atoms with Gasteiger partial charge in [0.05, 0.1) is 11.7 Å². The van der Waals surface area contributed by atoms with Gasteiger partial charge in [0.2, 0.25) is 0 Å². The first-order valence-electron chi connectivity index (χ1n) is 5.06. The van der Waals surface area contributed by atoms with Crippen LogP contribution in [0.3, 0.4) is 0 Å². The van der Waals surface area contributed by atoms with Gasteiger partial charge in [0, 0.05) is 4.47 Å². The molecule has 2 nitrogen and oxygen atoms in total. The number of aliphatic hydroxyl groups is 2. The van der Waals surface area contributed by atoms with Crippen molar-refractivity contribution in [3.8, 4) is 0 Å². The van der Waals surface area contributed by atoms with Crippen LogP contribution < -0.4 is 0 Å². The van der Waals surface area contributed by atoms with Gasteiger partial charge in [-0.15, -0.1) is 0 Å². The van der Waals surface area contributed by atoms with Crippen LogP contribution in [-0.4, -0.2) is 10.2 Å². The first kappa shape index (κ1) is 12.7. The van der Waals surface area contributed by atoms with Crippen molar-refractivity contribution < 1.29 is 10.2 Å². The van der Waals surface area contributed by atoms with E-state index in [2.05, 4.69) is 15.9 Å². The van der Waals surface area contributed by atoms with Crippen LogP contribution in [0.4, 0.5) is 0 Å². The normalized spacial score (nSPS) is 14.0. The molecular weight excluding hydrogens is 256 g/mol. The van der Waals surface area contributed by atoms with Crippen molar-refractivity contribution in [2.45, 2.75) is 38.9 Å². The molecule has 0 aliphatic heterocycles. The summed E-state index contributed by atoms with van der Waals surface area (Å²) in [5.41, 5.74) is 0.759. The van der Waals surface area contributed by atoms with Crippen LogP contribution in [0.15, 0.2) is 22.7 Å². The Morgan fingerprint density at radius 1 is 1.33 bits per heavy atom. The van der Waals surface area contributed by atoms with E-state index in [-0.39, 0.29) is 0 Å². The molecule has 0 bridgehead atoms. The first-order valence-corrected chi connectivity index (χ1v) is 5.85. The van der Waals surface area contributed by atoms with Crippen molar-refractivity contribution in [3.05, 3.63) is 33.8 Å². The fraction of sp³-hybridized carbons (Fsp3) is 0.500. The summed E-state index contributed by atoms with van der Waals surface area (Å²) < 4.78 is 0.879. The zero-order valence-electron chi connectivity index (χ0n) is 9.29. The molecule has 0 aromatic heterocycles. The lowest BCUT2D eigenvalue weighted by Crippen LogP contribution is -2.16. The maximum atomic E-state index is 9.89. The SMILES string of the molecule is CCC(O)c1cc(Br)cc(C(C)(C)O)c1. The molecular formula is C12H17BrO2. The van der Waals surface area contributed by atoms with E-state index in [0.29, 0.717) is 6.42 Å². The lowest BCUT2D eigenvalue weighted by Gasteiger charge is -2.20. The summed E-state index contributed by atoms with van der Waals surface area (Å²) in [5, 5.41) is 19.6. The summed E-state index contributed by atoms with van der Waals surface area (Å²) in [5.74, 6) is 0. The monoisotopic (exact) mass is 272 g/mol. The smallest absolute Gasteiger partial charge is 0.0841 e. The molecule has 0 radical (unpaired) electrons. The highest BCUT2D eigenvalue weighted by Gasteiger charge is 2.18. The Bertz CT molecular complexity index is 342. The standard InChI is InChI=1S/C12H17BrO2/c1-4-11(14)8-5-9(12(2,3)15)7-10(13)6-8/h5-7,11,14-15H,4H2,1-3H3. The molecule has 1 unspecified atom stereocenters. The average molecular weight is 273 g/mol. The zero-order valence-corrected chi connectivity index (χ0v) is 10.9. The molecule has 0 aliphatic carbocycles. The topological polar surface area (TPSA) is 40.5 Å². The van der Waals surface area contributed by atoms with E-state index < -0.39 is 11.7 Å². The Morgan fingerprint density at radius 2 is 1.93 bits per heavy atom. The zero-order chi connectivity index (χ0) is 11.6. The summed E-state index contributed by atoms with van der Waals surface area (Å²) in [6.07, 6.45) is 0.200. The number of rotatable bonds is 3. The van der Waals surface area contributed by atoms with Crippen LogP contribution in [0, 0.1) is 0 Å². The molecule has 84 valence electrons.